The molecule has 0 radical (unpaired) electrons. The van der Waals surface area contributed by atoms with E-state index in [9.17, 15) is 4.79 Å². The fraction of sp³-hybridized carbons (Fsp3) is 0.278. The van der Waals surface area contributed by atoms with E-state index in [4.69, 9.17) is 32.7 Å². The van der Waals surface area contributed by atoms with E-state index in [1.807, 2.05) is 12.1 Å². The highest BCUT2D eigenvalue weighted by molar-refractivity contribution is 6.42. The Hall–Kier alpha value is -1.75. The van der Waals surface area contributed by atoms with E-state index in [1.54, 1.807) is 37.4 Å². The zero-order chi connectivity index (χ0) is 17.4. The van der Waals surface area contributed by atoms with E-state index < -0.39 is 0 Å². The van der Waals surface area contributed by atoms with Gasteiger partial charge in [-0.1, -0.05) is 41.4 Å². The van der Waals surface area contributed by atoms with Gasteiger partial charge in [0, 0.05) is 19.2 Å². The highest BCUT2D eigenvalue weighted by atomic mass is 35.5. The van der Waals surface area contributed by atoms with Gasteiger partial charge in [-0.3, -0.25) is 4.79 Å². The Morgan fingerprint density at radius 2 is 1.92 bits per heavy atom. The maximum atomic E-state index is 12.2. The van der Waals surface area contributed by atoms with Crippen LogP contribution >= 0.6 is 23.2 Å². The van der Waals surface area contributed by atoms with E-state index in [0.29, 0.717) is 47.5 Å². The first kappa shape index (κ1) is 18.6. The van der Waals surface area contributed by atoms with Crippen molar-refractivity contribution in [2.24, 2.45) is 0 Å². The van der Waals surface area contributed by atoms with Crippen molar-refractivity contribution in [3.05, 3.63) is 63.6 Å². The molecule has 24 heavy (non-hydrogen) atoms. The highest BCUT2D eigenvalue weighted by Crippen LogP contribution is 2.25. The van der Waals surface area contributed by atoms with E-state index in [-0.39, 0.29) is 5.91 Å². The Kier molecular flexibility index (Phi) is 7.37. The van der Waals surface area contributed by atoms with Crippen LogP contribution in [0.4, 0.5) is 0 Å². The smallest absolute Gasteiger partial charge is 0.251 e. The summed E-state index contributed by atoms with van der Waals surface area (Å²) in [5.74, 6) is 0.475. The largest absolute Gasteiger partial charge is 0.491 e. The van der Waals surface area contributed by atoms with Crippen LogP contribution in [0.15, 0.2) is 42.5 Å². The Morgan fingerprint density at radius 1 is 1.12 bits per heavy atom. The van der Waals surface area contributed by atoms with Crippen LogP contribution in [0.5, 0.6) is 5.75 Å². The Bertz CT molecular complexity index is 692. The van der Waals surface area contributed by atoms with Gasteiger partial charge in [0.25, 0.3) is 5.91 Å². The summed E-state index contributed by atoms with van der Waals surface area (Å²) >= 11 is 12.1. The average molecular weight is 368 g/mol. The van der Waals surface area contributed by atoms with Crippen LogP contribution in [0.2, 0.25) is 10.0 Å². The number of carbonyl (C=O) groups excluding carboxylic acids is 1. The molecule has 0 aliphatic heterocycles. The third kappa shape index (κ3) is 5.41. The number of rotatable bonds is 8. The van der Waals surface area contributed by atoms with Gasteiger partial charge in [0.15, 0.2) is 0 Å². The molecule has 1 amide bonds. The number of halogens is 2. The molecule has 1 N–H and O–H groups in total. The molecule has 2 aromatic rings. The van der Waals surface area contributed by atoms with Crippen LogP contribution in [0, 0.1) is 0 Å². The minimum absolute atomic E-state index is 0.162. The van der Waals surface area contributed by atoms with Gasteiger partial charge < -0.3 is 14.8 Å². The summed E-state index contributed by atoms with van der Waals surface area (Å²) in [6.45, 7) is 1.40. The number of nitrogens with one attached hydrogen (secondary N) is 1. The summed E-state index contributed by atoms with van der Waals surface area (Å²) in [4.78, 5) is 12.2. The number of methoxy groups -OCH3 is 1. The fourth-order valence-corrected chi connectivity index (χ4v) is 2.54. The van der Waals surface area contributed by atoms with Gasteiger partial charge in [0.05, 0.1) is 16.7 Å². The number of hydrogen-bond acceptors (Lipinski definition) is 3. The standard InChI is InChI=1S/C18H19Cl2NO3/c1-23-10-11-24-15-6-2-5-14(12-15)18(22)21-9-8-13-4-3-7-16(19)17(13)20/h2-7,12H,8-11H2,1H3,(H,21,22). The zero-order valence-corrected chi connectivity index (χ0v) is 14.9. The van der Waals surface area contributed by atoms with Crippen molar-refractivity contribution in [3.8, 4) is 5.75 Å². The molecule has 0 aliphatic carbocycles. The molecule has 2 rings (SSSR count). The minimum Gasteiger partial charge on any atom is -0.491 e. The number of amides is 1. The maximum absolute atomic E-state index is 12.2. The van der Waals surface area contributed by atoms with Crippen molar-refractivity contribution in [1.82, 2.24) is 5.32 Å². The van der Waals surface area contributed by atoms with E-state index in [0.717, 1.165) is 5.56 Å². The van der Waals surface area contributed by atoms with E-state index >= 15 is 0 Å². The molecular formula is C18H19Cl2NO3. The molecule has 0 fully saturated rings. The van der Waals surface area contributed by atoms with Crippen molar-refractivity contribution >= 4 is 29.1 Å². The quantitative estimate of drug-likeness (QED) is 0.717. The predicted molar refractivity (Wildman–Crippen MR) is 96.3 cm³/mol. The lowest BCUT2D eigenvalue weighted by Gasteiger charge is -2.09. The second-order valence-electron chi connectivity index (χ2n) is 5.09. The summed E-state index contributed by atoms with van der Waals surface area (Å²) in [5.41, 5.74) is 1.45. The molecule has 0 aromatic heterocycles. The van der Waals surface area contributed by atoms with Crippen LogP contribution in [0.1, 0.15) is 15.9 Å². The van der Waals surface area contributed by atoms with E-state index in [1.165, 1.54) is 0 Å². The summed E-state index contributed by atoms with van der Waals surface area (Å²) in [7, 11) is 1.61. The Morgan fingerprint density at radius 3 is 2.71 bits per heavy atom. The highest BCUT2D eigenvalue weighted by Gasteiger charge is 2.08. The maximum Gasteiger partial charge on any atom is 0.251 e. The molecule has 0 atom stereocenters. The average Bonchev–Trinajstić information content (AvgIpc) is 2.59. The van der Waals surface area contributed by atoms with Crippen molar-refractivity contribution in [3.63, 3.8) is 0 Å². The first-order valence-electron chi connectivity index (χ1n) is 7.54. The second kappa shape index (κ2) is 9.52. The van der Waals surface area contributed by atoms with Gasteiger partial charge >= 0.3 is 0 Å². The molecule has 6 heteroatoms. The lowest BCUT2D eigenvalue weighted by atomic mass is 10.1. The first-order valence-corrected chi connectivity index (χ1v) is 8.30. The van der Waals surface area contributed by atoms with Crippen LogP contribution in [0.25, 0.3) is 0 Å². The van der Waals surface area contributed by atoms with Crippen molar-refractivity contribution in [1.29, 1.82) is 0 Å². The van der Waals surface area contributed by atoms with Crippen molar-refractivity contribution < 1.29 is 14.3 Å². The zero-order valence-electron chi connectivity index (χ0n) is 13.4. The lowest BCUT2D eigenvalue weighted by molar-refractivity contribution is 0.0953. The number of benzene rings is 2. The van der Waals surface area contributed by atoms with Gasteiger partial charge in [-0.2, -0.15) is 0 Å². The Labute approximate surface area is 151 Å². The fourth-order valence-electron chi connectivity index (χ4n) is 2.12. The molecule has 0 spiro atoms. The van der Waals surface area contributed by atoms with Gasteiger partial charge in [0.2, 0.25) is 0 Å². The molecule has 4 nitrogen and oxygen atoms in total. The molecule has 0 heterocycles. The van der Waals surface area contributed by atoms with Gasteiger partial charge in [-0.15, -0.1) is 0 Å². The van der Waals surface area contributed by atoms with Gasteiger partial charge in [-0.05, 0) is 36.2 Å². The summed E-state index contributed by atoms with van der Waals surface area (Å²) in [5, 5.41) is 3.91. The molecule has 0 bridgehead atoms. The van der Waals surface area contributed by atoms with Crippen LogP contribution in [0.3, 0.4) is 0 Å². The Balaban J connectivity index is 1.88. The molecule has 128 valence electrons. The lowest BCUT2D eigenvalue weighted by Crippen LogP contribution is -2.25. The number of carbonyl (C=O) groups is 1. The second-order valence-corrected chi connectivity index (χ2v) is 5.87. The number of ether oxygens (including phenoxy) is 2. The first-order chi connectivity index (χ1) is 11.6. The van der Waals surface area contributed by atoms with Crippen LogP contribution < -0.4 is 10.1 Å². The van der Waals surface area contributed by atoms with Crippen molar-refractivity contribution in [2.75, 3.05) is 26.9 Å². The van der Waals surface area contributed by atoms with Crippen molar-refractivity contribution in [2.45, 2.75) is 6.42 Å². The summed E-state index contributed by atoms with van der Waals surface area (Å²) in [6, 6.07) is 12.5. The molecule has 2 aromatic carbocycles. The monoisotopic (exact) mass is 367 g/mol. The molecule has 0 unspecified atom stereocenters. The third-order valence-electron chi connectivity index (χ3n) is 3.36. The SMILES string of the molecule is COCCOc1cccc(C(=O)NCCc2cccc(Cl)c2Cl)c1. The molecular weight excluding hydrogens is 349 g/mol. The normalized spacial score (nSPS) is 10.5. The molecule has 0 aliphatic rings. The predicted octanol–water partition coefficient (Wildman–Crippen LogP) is 3.99. The summed E-state index contributed by atoms with van der Waals surface area (Å²) in [6.07, 6.45) is 0.606. The van der Waals surface area contributed by atoms with Gasteiger partial charge in [0.1, 0.15) is 12.4 Å². The van der Waals surface area contributed by atoms with Gasteiger partial charge in [-0.25, -0.2) is 0 Å². The van der Waals surface area contributed by atoms with Crippen LogP contribution in [-0.4, -0.2) is 32.8 Å². The topological polar surface area (TPSA) is 47.6 Å². The molecule has 0 saturated heterocycles. The third-order valence-corrected chi connectivity index (χ3v) is 4.22. The molecule has 0 saturated carbocycles. The summed E-state index contributed by atoms with van der Waals surface area (Å²) < 4.78 is 10.4. The number of hydrogen-bond donors (Lipinski definition) is 1. The van der Waals surface area contributed by atoms with Crippen LogP contribution in [-0.2, 0) is 11.2 Å². The minimum atomic E-state index is -0.162. The van der Waals surface area contributed by atoms with E-state index in [2.05, 4.69) is 5.32 Å².